The van der Waals surface area contributed by atoms with Gasteiger partial charge in [0.05, 0.1) is 13.2 Å². The number of aryl methyl sites for hydroxylation is 1. The average Bonchev–Trinajstić information content (AvgIpc) is 3.00. The van der Waals surface area contributed by atoms with Gasteiger partial charge in [0.1, 0.15) is 5.76 Å². The van der Waals surface area contributed by atoms with E-state index in [1.807, 2.05) is 25.1 Å². The van der Waals surface area contributed by atoms with Gasteiger partial charge in [-0.2, -0.15) is 0 Å². The Morgan fingerprint density at radius 1 is 1.09 bits per heavy atom. The number of benzene rings is 1. The van der Waals surface area contributed by atoms with E-state index < -0.39 is 0 Å². The summed E-state index contributed by atoms with van der Waals surface area (Å²) in [5, 5.41) is 0. The number of hydrogen-bond donors (Lipinski definition) is 0. The maximum absolute atomic E-state index is 11.9. The van der Waals surface area contributed by atoms with Gasteiger partial charge in [-0.05, 0) is 42.8 Å². The molecule has 0 N–H and O–H groups in total. The molecule has 2 aromatic rings. The number of ketones is 1. The number of furan rings is 1. The molecule has 1 fully saturated rings. The molecule has 0 radical (unpaired) electrons. The molecule has 0 unspecified atom stereocenters. The van der Waals surface area contributed by atoms with Crippen LogP contribution in [0.3, 0.4) is 0 Å². The van der Waals surface area contributed by atoms with Crippen molar-refractivity contribution in [2.24, 2.45) is 0 Å². The van der Waals surface area contributed by atoms with Crippen molar-refractivity contribution < 1.29 is 13.9 Å². The topological polar surface area (TPSA) is 42.7 Å². The van der Waals surface area contributed by atoms with Crippen LogP contribution >= 0.6 is 0 Å². The van der Waals surface area contributed by atoms with E-state index in [1.54, 1.807) is 18.2 Å². The van der Waals surface area contributed by atoms with E-state index in [-0.39, 0.29) is 5.78 Å². The standard InChI is InChI=1S/C18H19NO3/c1-14-2-9-18(22-14)17(20)8-5-15-3-6-16(7-4-15)19-10-12-21-13-11-19/h2-9H,10-13H2,1H3. The zero-order valence-corrected chi connectivity index (χ0v) is 12.6. The van der Waals surface area contributed by atoms with E-state index in [0.29, 0.717) is 5.76 Å². The summed E-state index contributed by atoms with van der Waals surface area (Å²) in [4.78, 5) is 14.2. The molecule has 0 bridgehead atoms. The van der Waals surface area contributed by atoms with Crippen LogP contribution in [0.15, 0.2) is 46.9 Å². The van der Waals surface area contributed by atoms with Crippen molar-refractivity contribution in [1.29, 1.82) is 0 Å². The summed E-state index contributed by atoms with van der Waals surface area (Å²) < 4.78 is 10.7. The van der Waals surface area contributed by atoms with Crippen molar-refractivity contribution in [3.8, 4) is 0 Å². The zero-order valence-electron chi connectivity index (χ0n) is 12.6. The van der Waals surface area contributed by atoms with Crippen LogP contribution in [0.25, 0.3) is 6.08 Å². The minimum Gasteiger partial charge on any atom is -0.458 e. The van der Waals surface area contributed by atoms with Crippen molar-refractivity contribution in [3.05, 3.63) is 59.6 Å². The number of allylic oxidation sites excluding steroid dienone is 1. The van der Waals surface area contributed by atoms with Crippen LogP contribution in [-0.4, -0.2) is 32.1 Å². The number of carbonyl (C=O) groups excluding carboxylic acids is 1. The van der Waals surface area contributed by atoms with E-state index in [9.17, 15) is 4.79 Å². The van der Waals surface area contributed by atoms with Gasteiger partial charge in [-0.15, -0.1) is 0 Å². The molecular formula is C18H19NO3. The fourth-order valence-corrected chi connectivity index (χ4v) is 2.44. The van der Waals surface area contributed by atoms with Crippen LogP contribution in [0, 0.1) is 6.92 Å². The number of carbonyl (C=O) groups is 1. The molecule has 0 aliphatic carbocycles. The van der Waals surface area contributed by atoms with Gasteiger partial charge in [-0.1, -0.05) is 18.2 Å². The quantitative estimate of drug-likeness (QED) is 0.641. The Kier molecular flexibility index (Phi) is 4.39. The van der Waals surface area contributed by atoms with Crippen LogP contribution in [0.1, 0.15) is 21.9 Å². The van der Waals surface area contributed by atoms with E-state index in [2.05, 4.69) is 17.0 Å². The van der Waals surface area contributed by atoms with Gasteiger partial charge in [0.25, 0.3) is 0 Å². The summed E-state index contributed by atoms with van der Waals surface area (Å²) in [7, 11) is 0. The molecule has 0 spiro atoms. The highest BCUT2D eigenvalue weighted by atomic mass is 16.5. The molecule has 22 heavy (non-hydrogen) atoms. The maximum atomic E-state index is 11.9. The summed E-state index contributed by atoms with van der Waals surface area (Å²) in [6, 6.07) is 11.7. The second-order valence-electron chi connectivity index (χ2n) is 5.30. The Morgan fingerprint density at radius 2 is 1.82 bits per heavy atom. The fourth-order valence-electron chi connectivity index (χ4n) is 2.44. The Morgan fingerprint density at radius 3 is 2.45 bits per heavy atom. The fraction of sp³-hybridized carbons (Fsp3) is 0.278. The van der Waals surface area contributed by atoms with Gasteiger partial charge in [-0.3, -0.25) is 4.79 Å². The number of ether oxygens (including phenoxy) is 1. The van der Waals surface area contributed by atoms with E-state index in [1.165, 1.54) is 5.69 Å². The van der Waals surface area contributed by atoms with Gasteiger partial charge in [-0.25, -0.2) is 0 Å². The first kappa shape index (κ1) is 14.6. The van der Waals surface area contributed by atoms with E-state index >= 15 is 0 Å². The molecule has 3 rings (SSSR count). The number of nitrogens with zero attached hydrogens (tertiary/aromatic N) is 1. The minimum absolute atomic E-state index is 0.120. The second-order valence-corrected chi connectivity index (χ2v) is 5.30. The first-order valence-electron chi connectivity index (χ1n) is 7.44. The van der Waals surface area contributed by atoms with Crippen molar-refractivity contribution in [2.45, 2.75) is 6.92 Å². The Hall–Kier alpha value is -2.33. The van der Waals surface area contributed by atoms with Crippen LogP contribution < -0.4 is 4.90 Å². The summed E-state index contributed by atoms with van der Waals surface area (Å²) in [6.45, 7) is 5.22. The normalized spacial score (nSPS) is 15.4. The van der Waals surface area contributed by atoms with E-state index in [4.69, 9.17) is 9.15 Å². The summed E-state index contributed by atoms with van der Waals surface area (Å²) in [5.41, 5.74) is 2.18. The Balaban J connectivity index is 1.65. The predicted octanol–water partition coefficient (Wildman–Crippen LogP) is 3.32. The molecule has 2 heterocycles. The van der Waals surface area contributed by atoms with Gasteiger partial charge in [0.15, 0.2) is 5.76 Å². The van der Waals surface area contributed by atoms with Crippen molar-refractivity contribution in [2.75, 3.05) is 31.2 Å². The molecule has 114 valence electrons. The van der Waals surface area contributed by atoms with Gasteiger partial charge in [0, 0.05) is 18.8 Å². The largest absolute Gasteiger partial charge is 0.458 e. The number of morpholine rings is 1. The van der Waals surface area contributed by atoms with E-state index in [0.717, 1.165) is 37.6 Å². The Labute approximate surface area is 130 Å². The molecule has 1 aliphatic rings. The van der Waals surface area contributed by atoms with Crippen LogP contribution in [-0.2, 0) is 4.74 Å². The number of anilines is 1. The molecule has 0 amide bonds. The molecule has 1 aromatic carbocycles. The average molecular weight is 297 g/mol. The highest BCUT2D eigenvalue weighted by molar-refractivity contribution is 6.04. The molecule has 1 saturated heterocycles. The third kappa shape index (κ3) is 3.46. The van der Waals surface area contributed by atoms with Crippen molar-refractivity contribution >= 4 is 17.5 Å². The lowest BCUT2D eigenvalue weighted by Crippen LogP contribution is -2.36. The van der Waals surface area contributed by atoms with Gasteiger partial charge >= 0.3 is 0 Å². The van der Waals surface area contributed by atoms with Crippen LogP contribution in [0.5, 0.6) is 0 Å². The predicted molar refractivity (Wildman–Crippen MR) is 86.3 cm³/mol. The summed E-state index contributed by atoms with van der Waals surface area (Å²) in [5.74, 6) is 0.996. The molecule has 4 nitrogen and oxygen atoms in total. The van der Waals surface area contributed by atoms with Crippen LogP contribution in [0.4, 0.5) is 5.69 Å². The van der Waals surface area contributed by atoms with Gasteiger partial charge < -0.3 is 14.1 Å². The SMILES string of the molecule is Cc1ccc(C(=O)C=Cc2ccc(N3CCOCC3)cc2)o1. The van der Waals surface area contributed by atoms with Crippen molar-refractivity contribution in [3.63, 3.8) is 0 Å². The lowest BCUT2D eigenvalue weighted by atomic mass is 10.1. The molecule has 0 atom stereocenters. The molecule has 1 aromatic heterocycles. The first-order chi connectivity index (χ1) is 10.7. The highest BCUT2D eigenvalue weighted by Gasteiger charge is 2.10. The first-order valence-corrected chi connectivity index (χ1v) is 7.44. The summed E-state index contributed by atoms with van der Waals surface area (Å²) in [6.07, 6.45) is 3.35. The zero-order chi connectivity index (χ0) is 15.4. The minimum atomic E-state index is -0.120. The second kappa shape index (κ2) is 6.62. The van der Waals surface area contributed by atoms with Gasteiger partial charge in [0.2, 0.25) is 5.78 Å². The molecular weight excluding hydrogens is 278 g/mol. The molecule has 1 aliphatic heterocycles. The van der Waals surface area contributed by atoms with Crippen LogP contribution in [0.2, 0.25) is 0 Å². The Bertz CT molecular complexity index is 664. The highest BCUT2D eigenvalue weighted by Crippen LogP contribution is 2.17. The molecule has 0 saturated carbocycles. The van der Waals surface area contributed by atoms with Crippen molar-refractivity contribution in [1.82, 2.24) is 0 Å². The number of rotatable bonds is 4. The maximum Gasteiger partial charge on any atom is 0.221 e. The summed E-state index contributed by atoms with van der Waals surface area (Å²) >= 11 is 0. The smallest absolute Gasteiger partial charge is 0.221 e. The number of hydrogen-bond acceptors (Lipinski definition) is 4. The lowest BCUT2D eigenvalue weighted by molar-refractivity contribution is 0.102. The molecule has 4 heteroatoms. The lowest BCUT2D eigenvalue weighted by Gasteiger charge is -2.28. The third-order valence-corrected chi connectivity index (χ3v) is 3.68. The third-order valence-electron chi connectivity index (χ3n) is 3.68. The monoisotopic (exact) mass is 297 g/mol.